The van der Waals surface area contributed by atoms with E-state index < -0.39 is 0 Å². The van der Waals surface area contributed by atoms with Gasteiger partial charge in [-0.3, -0.25) is 0 Å². The van der Waals surface area contributed by atoms with Crippen molar-refractivity contribution in [3.05, 3.63) is 65.2 Å². The average molecular weight is 308 g/mol. The lowest BCUT2D eigenvalue weighted by molar-refractivity contribution is 0.398. The highest BCUT2D eigenvalue weighted by Crippen LogP contribution is 2.38. The monoisotopic (exact) mass is 308 g/mol. The molecule has 0 spiro atoms. The molecule has 0 aromatic heterocycles. The first-order chi connectivity index (χ1) is 11.2. The van der Waals surface area contributed by atoms with E-state index in [1.807, 2.05) is 24.3 Å². The van der Waals surface area contributed by atoms with E-state index in [0.717, 1.165) is 29.9 Å². The summed E-state index contributed by atoms with van der Waals surface area (Å²) in [5, 5.41) is 19.1. The van der Waals surface area contributed by atoms with Gasteiger partial charge in [0, 0.05) is 0 Å². The third-order valence-corrected chi connectivity index (χ3v) is 4.95. The molecule has 0 unspecified atom stereocenters. The highest BCUT2D eigenvalue weighted by atomic mass is 16.3. The number of phenols is 2. The maximum atomic E-state index is 9.57. The van der Waals surface area contributed by atoms with Crippen LogP contribution in [0.2, 0.25) is 0 Å². The number of hydrogen-bond acceptors (Lipinski definition) is 2. The van der Waals surface area contributed by atoms with Crippen molar-refractivity contribution in [1.82, 2.24) is 0 Å². The highest BCUT2D eigenvalue weighted by Gasteiger charge is 2.19. The van der Waals surface area contributed by atoms with Crippen molar-refractivity contribution < 1.29 is 10.2 Å². The minimum atomic E-state index is 0.290. The van der Waals surface area contributed by atoms with Gasteiger partial charge in [-0.2, -0.15) is 0 Å². The topological polar surface area (TPSA) is 40.5 Å². The van der Waals surface area contributed by atoms with Gasteiger partial charge in [-0.15, -0.1) is 0 Å². The zero-order valence-electron chi connectivity index (χ0n) is 13.6. The number of aromatic hydroxyl groups is 2. The van der Waals surface area contributed by atoms with E-state index in [1.54, 1.807) is 24.3 Å². The van der Waals surface area contributed by atoms with Gasteiger partial charge in [-0.1, -0.05) is 43.2 Å². The Morgan fingerprint density at radius 2 is 1.26 bits per heavy atom. The fraction of sp³-hybridized carbons (Fsp3) is 0.333. The van der Waals surface area contributed by atoms with Crippen LogP contribution in [-0.2, 0) is 0 Å². The summed E-state index contributed by atoms with van der Waals surface area (Å²) in [4.78, 5) is 0. The summed E-state index contributed by atoms with van der Waals surface area (Å²) in [6.07, 6.45) is 6.04. The fourth-order valence-electron chi connectivity index (χ4n) is 3.52. The largest absolute Gasteiger partial charge is 0.508 e. The third kappa shape index (κ3) is 3.58. The lowest BCUT2D eigenvalue weighted by atomic mass is 9.80. The van der Waals surface area contributed by atoms with Gasteiger partial charge in [-0.25, -0.2) is 0 Å². The molecule has 1 aliphatic carbocycles. The summed E-state index contributed by atoms with van der Waals surface area (Å²) in [5.41, 5.74) is 5.03. The molecule has 23 heavy (non-hydrogen) atoms. The molecule has 3 rings (SSSR count). The Balaban J connectivity index is 2.03. The van der Waals surface area contributed by atoms with Crippen molar-refractivity contribution in [2.24, 2.45) is 5.92 Å². The molecule has 0 saturated heterocycles. The summed E-state index contributed by atoms with van der Waals surface area (Å²) in [7, 11) is 0. The van der Waals surface area contributed by atoms with E-state index in [2.05, 4.69) is 6.92 Å². The van der Waals surface area contributed by atoms with Crippen molar-refractivity contribution in [1.29, 1.82) is 0 Å². The molecule has 2 N–H and O–H groups in total. The maximum absolute atomic E-state index is 9.57. The molecule has 1 fully saturated rings. The number of hydrogen-bond donors (Lipinski definition) is 2. The second kappa shape index (κ2) is 6.91. The number of rotatable bonds is 3. The van der Waals surface area contributed by atoms with Crippen LogP contribution in [0.5, 0.6) is 11.5 Å². The summed E-state index contributed by atoms with van der Waals surface area (Å²) < 4.78 is 0. The first-order valence-electron chi connectivity index (χ1n) is 8.48. The van der Waals surface area contributed by atoms with Crippen LogP contribution < -0.4 is 0 Å². The summed E-state index contributed by atoms with van der Waals surface area (Å²) in [5.74, 6) is 1.43. The van der Waals surface area contributed by atoms with Gasteiger partial charge in [0.1, 0.15) is 11.5 Å². The molecule has 0 bridgehead atoms. The Kier molecular flexibility index (Phi) is 4.71. The van der Waals surface area contributed by atoms with Crippen molar-refractivity contribution >= 4 is 5.57 Å². The van der Waals surface area contributed by atoms with Crippen molar-refractivity contribution in [2.75, 3.05) is 0 Å². The molecule has 2 nitrogen and oxygen atoms in total. The molecule has 0 aliphatic heterocycles. The van der Waals surface area contributed by atoms with Crippen molar-refractivity contribution in [2.45, 2.75) is 39.0 Å². The minimum absolute atomic E-state index is 0.290. The number of benzene rings is 2. The molecule has 2 heteroatoms. The maximum Gasteiger partial charge on any atom is 0.115 e. The van der Waals surface area contributed by atoms with E-state index in [1.165, 1.54) is 30.4 Å². The molecule has 120 valence electrons. The average Bonchev–Trinajstić information content (AvgIpc) is 2.59. The van der Waals surface area contributed by atoms with Gasteiger partial charge >= 0.3 is 0 Å². The Morgan fingerprint density at radius 3 is 1.65 bits per heavy atom. The van der Waals surface area contributed by atoms with E-state index in [0.29, 0.717) is 11.5 Å². The zero-order valence-corrected chi connectivity index (χ0v) is 13.6. The molecule has 0 amide bonds. The Bertz CT molecular complexity index is 623. The Hall–Kier alpha value is -2.22. The molecule has 1 saturated carbocycles. The lowest BCUT2D eigenvalue weighted by Gasteiger charge is -2.26. The van der Waals surface area contributed by atoms with E-state index in [4.69, 9.17) is 0 Å². The van der Waals surface area contributed by atoms with Gasteiger partial charge in [0.15, 0.2) is 0 Å². The smallest absolute Gasteiger partial charge is 0.115 e. The van der Waals surface area contributed by atoms with E-state index in [-0.39, 0.29) is 0 Å². The van der Waals surface area contributed by atoms with Crippen LogP contribution in [0.15, 0.2) is 54.1 Å². The second-order valence-corrected chi connectivity index (χ2v) is 6.42. The molecule has 2 aromatic rings. The van der Waals surface area contributed by atoms with Gasteiger partial charge in [0.25, 0.3) is 0 Å². The highest BCUT2D eigenvalue weighted by molar-refractivity contribution is 5.82. The zero-order chi connectivity index (χ0) is 16.2. The normalized spacial score (nSPS) is 18.0. The molecule has 0 radical (unpaired) electrons. The number of allylic oxidation sites excluding steroid dienone is 1. The van der Waals surface area contributed by atoms with Crippen molar-refractivity contribution in [3.8, 4) is 11.5 Å². The lowest BCUT2D eigenvalue weighted by Crippen LogP contribution is -2.09. The molecule has 2 aromatic carbocycles. The molecule has 0 heterocycles. The predicted octanol–water partition coefficient (Wildman–Crippen LogP) is 5.50. The molecule has 1 aliphatic rings. The van der Waals surface area contributed by atoms with Gasteiger partial charge < -0.3 is 10.2 Å². The molecule has 0 atom stereocenters. The minimum Gasteiger partial charge on any atom is -0.508 e. The van der Waals surface area contributed by atoms with Crippen LogP contribution in [-0.4, -0.2) is 10.2 Å². The number of phenolic OH excluding ortho intramolecular Hbond substituents is 2. The molecular formula is C21H24O2. The Labute approximate surface area is 138 Å². The SMILES string of the molecule is CCC1CCC(=C(c2ccc(O)cc2)c2ccc(O)cc2)CC1. The Morgan fingerprint density at radius 1 is 0.826 bits per heavy atom. The van der Waals surface area contributed by atoms with Gasteiger partial charge in [0.05, 0.1) is 0 Å². The van der Waals surface area contributed by atoms with Crippen LogP contribution in [0.3, 0.4) is 0 Å². The van der Waals surface area contributed by atoms with Crippen molar-refractivity contribution in [3.63, 3.8) is 0 Å². The van der Waals surface area contributed by atoms with Crippen LogP contribution in [0.4, 0.5) is 0 Å². The summed E-state index contributed by atoms with van der Waals surface area (Å²) in [6.45, 7) is 2.28. The van der Waals surface area contributed by atoms with Crippen LogP contribution >= 0.6 is 0 Å². The van der Waals surface area contributed by atoms with Gasteiger partial charge in [-0.05, 0) is 72.6 Å². The first-order valence-corrected chi connectivity index (χ1v) is 8.48. The van der Waals surface area contributed by atoms with Crippen LogP contribution in [0.25, 0.3) is 5.57 Å². The third-order valence-electron chi connectivity index (χ3n) is 4.95. The standard InChI is InChI=1S/C21H24O2/c1-2-15-3-5-16(6-4-15)21(17-7-11-19(22)12-8-17)18-9-13-20(23)14-10-18/h7-15,22-23H,2-6H2,1H3. The predicted molar refractivity (Wildman–Crippen MR) is 94.5 cm³/mol. The first kappa shape index (κ1) is 15.7. The summed E-state index contributed by atoms with van der Waals surface area (Å²) in [6, 6.07) is 14.9. The van der Waals surface area contributed by atoms with Crippen LogP contribution in [0, 0.1) is 5.92 Å². The van der Waals surface area contributed by atoms with Gasteiger partial charge in [0.2, 0.25) is 0 Å². The fourth-order valence-corrected chi connectivity index (χ4v) is 3.52. The van der Waals surface area contributed by atoms with E-state index in [9.17, 15) is 10.2 Å². The second-order valence-electron chi connectivity index (χ2n) is 6.42. The summed E-state index contributed by atoms with van der Waals surface area (Å²) >= 11 is 0. The van der Waals surface area contributed by atoms with E-state index >= 15 is 0 Å². The molecular weight excluding hydrogens is 284 g/mol. The van der Waals surface area contributed by atoms with Crippen LogP contribution in [0.1, 0.15) is 50.2 Å². The quantitative estimate of drug-likeness (QED) is 0.786.